The first-order valence-electron chi connectivity index (χ1n) is 11.6. The molecule has 0 unspecified atom stereocenters. The molecule has 1 saturated carbocycles. The maximum atomic E-state index is 13.0. The molecule has 0 spiro atoms. The molecule has 1 N–H and O–H groups in total. The lowest BCUT2D eigenvalue weighted by atomic mass is 9.78. The minimum atomic E-state index is -3.51. The van der Waals surface area contributed by atoms with Gasteiger partial charge in [0.25, 0.3) is 0 Å². The van der Waals surface area contributed by atoms with Crippen LogP contribution in [0.25, 0.3) is 0 Å². The highest BCUT2D eigenvalue weighted by atomic mass is 32.2. The summed E-state index contributed by atoms with van der Waals surface area (Å²) in [7, 11) is -3.51. The standard InChI is InChI=1S/C23H35N3O3S/c1-18-11-12-20(30(28,29)26-14-5-2-6-15-26)16-21(18)24-23(27)17-25-13-7-9-19-8-3-4-10-22(19)25/h11-12,16,19,22H,2-10,13-15,17H2,1H3,(H,24,27)/t19-,22-/m0/s1. The summed E-state index contributed by atoms with van der Waals surface area (Å²) in [5.74, 6) is 0.692. The second-order valence-electron chi connectivity index (χ2n) is 9.21. The number of piperidine rings is 2. The van der Waals surface area contributed by atoms with Crippen molar-refractivity contribution in [2.45, 2.75) is 75.6 Å². The number of nitrogens with one attached hydrogen (secondary N) is 1. The van der Waals surface area contributed by atoms with Crippen LogP contribution in [0.3, 0.4) is 0 Å². The smallest absolute Gasteiger partial charge is 0.243 e. The summed E-state index contributed by atoms with van der Waals surface area (Å²) in [4.78, 5) is 15.5. The van der Waals surface area contributed by atoms with Gasteiger partial charge >= 0.3 is 0 Å². The largest absolute Gasteiger partial charge is 0.325 e. The van der Waals surface area contributed by atoms with Crippen molar-refractivity contribution < 1.29 is 13.2 Å². The molecule has 0 bridgehead atoms. The van der Waals surface area contributed by atoms with Gasteiger partial charge in [-0.25, -0.2) is 8.42 Å². The summed E-state index contributed by atoms with van der Waals surface area (Å²) in [6.45, 7) is 4.44. The normalized spacial score (nSPS) is 26.2. The fourth-order valence-corrected chi connectivity index (χ4v) is 6.99. The molecule has 1 aromatic rings. The van der Waals surface area contributed by atoms with Crippen LogP contribution in [-0.4, -0.2) is 55.8 Å². The molecule has 1 aromatic carbocycles. The molecule has 2 heterocycles. The predicted molar refractivity (Wildman–Crippen MR) is 119 cm³/mol. The average Bonchev–Trinajstić information content (AvgIpc) is 2.76. The number of carbonyl (C=O) groups excluding carboxylic acids is 1. The topological polar surface area (TPSA) is 69.7 Å². The summed E-state index contributed by atoms with van der Waals surface area (Å²) in [6.07, 6.45) is 10.4. The van der Waals surface area contributed by atoms with Crippen LogP contribution in [0.4, 0.5) is 5.69 Å². The number of hydrogen-bond acceptors (Lipinski definition) is 4. The lowest BCUT2D eigenvalue weighted by molar-refractivity contribution is -0.118. The van der Waals surface area contributed by atoms with E-state index in [-0.39, 0.29) is 10.8 Å². The Hall–Kier alpha value is -1.44. The molecule has 0 aromatic heterocycles. The number of anilines is 1. The van der Waals surface area contributed by atoms with Crippen molar-refractivity contribution in [3.05, 3.63) is 23.8 Å². The van der Waals surface area contributed by atoms with E-state index in [4.69, 9.17) is 0 Å². The second kappa shape index (κ2) is 9.37. The number of amides is 1. The van der Waals surface area contributed by atoms with Gasteiger partial charge in [0.05, 0.1) is 11.4 Å². The average molecular weight is 434 g/mol. The van der Waals surface area contributed by atoms with Crippen LogP contribution in [0.15, 0.2) is 23.1 Å². The van der Waals surface area contributed by atoms with Crippen LogP contribution in [0, 0.1) is 12.8 Å². The van der Waals surface area contributed by atoms with Crippen molar-refractivity contribution in [3.63, 3.8) is 0 Å². The van der Waals surface area contributed by atoms with Crippen molar-refractivity contribution >= 4 is 21.6 Å². The van der Waals surface area contributed by atoms with Gasteiger partial charge in [-0.15, -0.1) is 0 Å². The number of benzene rings is 1. The molecule has 166 valence electrons. The number of rotatable bonds is 5. The number of aryl methyl sites for hydroxylation is 1. The van der Waals surface area contributed by atoms with E-state index in [1.165, 1.54) is 32.1 Å². The third kappa shape index (κ3) is 4.73. The van der Waals surface area contributed by atoms with Crippen molar-refractivity contribution in [2.75, 3.05) is 31.5 Å². The van der Waals surface area contributed by atoms with Crippen molar-refractivity contribution in [1.82, 2.24) is 9.21 Å². The lowest BCUT2D eigenvalue weighted by Gasteiger charge is -2.43. The van der Waals surface area contributed by atoms with E-state index in [2.05, 4.69) is 10.2 Å². The molecule has 2 aliphatic heterocycles. The Morgan fingerprint density at radius 3 is 2.53 bits per heavy atom. The van der Waals surface area contributed by atoms with E-state index in [1.54, 1.807) is 22.5 Å². The summed E-state index contributed by atoms with van der Waals surface area (Å²) >= 11 is 0. The van der Waals surface area contributed by atoms with Gasteiger partial charge in [0.1, 0.15) is 0 Å². The molecule has 4 rings (SSSR count). The van der Waals surface area contributed by atoms with Gasteiger partial charge in [-0.1, -0.05) is 25.3 Å². The van der Waals surface area contributed by atoms with Crippen LogP contribution >= 0.6 is 0 Å². The zero-order chi connectivity index (χ0) is 21.1. The van der Waals surface area contributed by atoms with Crippen molar-refractivity contribution in [2.24, 2.45) is 5.92 Å². The van der Waals surface area contributed by atoms with Gasteiger partial charge in [0.15, 0.2) is 0 Å². The van der Waals surface area contributed by atoms with Crippen LogP contribution in [-0.2, 0) is 14.8 Å². The maximum absolute atomic E-state index is 13.0. The first-order chi connectivity index (χ1) is 14.4. The zero-order valence-corrected chi connectivity index (χ0v) is 18.9. The summed E-state index contributed by atoms with van der Waals surface area (Å²) < 4.78 is 27.6. The lowest BCUT2D eigenvalue weighted by Crippen LogP contribution is -2.49. The van der Waals surface area contributed by atoms with Gasteiger partial charge in [0, 0.05) is 24.8 Å². The fraction of sp³-hybridized carbons (Fsp3) is 0.696. The molecular weight excluding hydrogens is 398 g/mol. The third-order valence-electron chi connectivity index (χ3n) is 7.14. The van der Waals surface area contributed by atoms with Crippen molar-refractivity contribution in [1.29, 1.82) is 0 Å². The SMILES string of the molecule is Cc1ccc(S(=O)(=O)N2CCCCC2)cc1NC(=O)CN1CCC[C@@H]2CCCC[C@@H]21. The van der Waals surface area contributed by atoms with E-state index in [0.717, 1.165) is 43.7 Å². The van der Waals surface area contributed by atoms with Crippen LogP contribution in [0.5, 0.6) is 0 Å². The van der Waals surface area contributed by atoms with Gasteiger partial charge in [-0.2, -0.15) is 4.31 Å². The van der Waals surface area contributed by atoms with Gasteiger partial charge in [0.2, 0.25) is 15.9 Å². The quantitative estimate of drug-likeness (QED) is 0.768. The Bertz CT molecular complexity index is 862. The minimum absolute atomic E-state index is 0.0446. The molecule has 3 aliphatic rings. The molecular formula is C23H35N3O3S. The van der Waals surface area contributed by atoms with Gasteiger partial charge in [-0.05, 0) is 75.6 Å². The highest BCUT2D eigenvalue weighted by Crippen LogP contribution is 2.35. The Labute approximate surface area is 181 Å². The van der Waals surface area contributed by atoms with E-state index < -0.39 is 10.0 Å². The summed E-state index contributed by atoms with van der Waals surface area (Å²) in [6, 6.07) is 5.62. The third-order valence-corrected chi connectivity index (χ3v) is 9.04. The number of fused-ring (bicyclic) bond motifs is 1. The first kappa shape index (κ1) is 21.8. The van der Waals surface area contributed by atoms with E-state index in [9.17, 15) is 13.2 Å². The molecule has 2 atom stereocenters. The molecule has 30 heavy (non-hydrogen) atoms. The monoisotopic (exact) mass is 433 g/mol. The number of carbonyl (C=O) groups is 1. The minimum Gasteiger partial charge on any atom is -0.325 e. The Balaban J connectivity index is 1.45. The number of hydrogen-bond donors (Lipinski definition) is 1. The van der Waals surface area contributed by atoms with Crippen molar-refractivity contribution in [3.8, 4) is 0 Å². The highest BCUT2D eigenvalue weighted by Gasteiger charge is 2.34. The fourth-order valence-electron chi connectivity index (χ4n) is 5.45. The Kier molecular flexibility index (Phi) is 6.80. The van der Waals surface area contributed by atoms with E-state index >= 15 is 0 Å². The zero-order valence-electron chi connectivity index (χ0n) is 18.1. The second-order valence-corrected chi connectivity index (χ2v) is 11.2. The predicted octanol–water partition coefficient (Wildman–Crippen LogP) is 3.76. The Morgan fingerprint density at radius 1 is 1.00 bits per heavy atom. The number of sulfonamides is 1. The molecule has 1 amide bonds. The summed E-state index contributed by atoms with van der Waals surface area (Å²) in [5, 5.41) is 3.00. The molecule has 3 fully saturated rings. The van der Waals surface area contributed by atoms with Crippen LogP contribution < -0.4 is 5.32 Å². The van der Waals surface area contributed by atoms with Crippen LogP contribution in [0.2, 0.25) is 0 Å². The van der Waals surface area contributed by atoms with E-state index in [1.807, 2.05) is 6.92 Å². The Morgan fingerprint density at radius 2 is 1.73 bits per heavy atom. The van der Waals surface area contributed by atoms with Gasteiger partial charge in [-0.3, -0.25) is 9.69 Å². The number of nitrogens with zero attached hydrogens (tertiary/aromatic N) is 2. The highest BCUT2D eigenvalue weighted by molar-refractivity contribution is 7.89. The maximum Gasteiger partial charge on any atom is 0.243 e. The molecule has 7 heteroatoms. The molecule has 6 nitrogen and oxygen atoms in total. The van der Waals surface area contributed by atoms with Gasteiger partial charge < -0.3 is 5.32 Å². The van der Waals surface area contributed by atoms with Crippen LogP contribution in [0.1, 0.15) is 63.4 Å². The number of likely N-dealkylation sites (tertiary alicyclic amines) is 1. The van der Waals surface area contributed by atoms with E-state index in [0.29, 0.717) is 31.4 Å². The molecule has 2 saturated heterocycles. The summed E-state index contributed by atoms with van der Waals surface area (Å²) in [5.41, 5.74) is 1.49. The first-order valence-corrected chi connectivity index (χ1v) is 13.0. The molecule has 1 aliphatic carbocycles. The molecule has 0 radical (unpaired) electrons.